The van der Waals surface area contributed by atoms with Gasteiger partial charge in [0.1, 0.15) is 5.75 Å². The van der Waals surface area contributed by atoms with Crippen LogP contribution in [0.2, 0.25) is 0 Å². The second-order valence-corrected chi connectivity index (χ2v) is 6.12. The van der Waals surface area contributed by atoms with Gasteiger partial charge in [-0.2, -0.15) is 0 Å². The fourth-order valence-corrected chi connectivity index (χ4v) is 2.80. The highest BCUT2D eigenvalue weighted by Crippen LogP contribution is 2.15. The zero-order valence-electron chi connectivity index (χ0n) is 15.4. The minimum absolute atomic E-state index is 0.0862. The van der Waals surface area contributed by atoms with Crippen LogP contribution in [-0.4, -0.2) is 32.7 Å². The van der Waals surface area contributed by atoms with Gasteiger partial charge in [-0.25, -0.2) is 0 Å². The number of ether oxygens (including phenoxy) is 1. The van der Waals surface area contributed by atoms with Gasteiger partial charge >= 0.3 is 0 Å². The summed E-state index contributed by atoms with van der Waals surface area (Å²) in [4.78, 5) is 14.3. The van der Waals surface area contributed by atoms with Crippen LogP contribution >= 0.6 is 0 Å². The van der Waals surface area contributed by atoms with Crippen molar-refractivity contribution in [2.24, 2.45) is 0 Å². The summed E-state index contributed by atoms with van der Waals surface area (Å²) in [5, 5.41) is 3.02. The lowest BCUT2D eigenvalue weighted by Crippen LogP contribution is -2.35. The molecule has 1 amide bonds. The highest BCUT2D eigenvalue weighted by molar-refractivity contribution is 5.76. The number of aryl methyl sites for hydroxylation is 2. The average molecular weight is 340 g/mol. The van der Waals surface area contributed by atoms with Crippen LogP contribution in [0.1, 0.15) is 24.5 Å². The Morgan fingerprint density at radius 3 is 2.68 bits per heavy atom. The number of rotatable bonds is 9. The number of amides is 1. The molecule has 1 N–H and O–H groups in total. The van der Waals surface area contributed by atoms with E-state index in [9.17, 15) is 4.79 Å². The number of likely N-dealkylation sites (N-methyl/N-ethyl adjacent to an activating group) is 1. The molecular formula is C21H28N2O2. The van der Waals surface area contributed by atoms with Gasteiger partial charge in [-0.05, 0) is 55.7 Å². The van der Waals surface area contributed by atoms with E-state index in [4.69, 9.17) is 4.74 Å². The van der Waals surface area contributed by atoms with Crippen molar-refractivity contribution < 1.29 is 9.53 Å². The van der Waals surface area contributed by atoms with E-state index in [1.165, 1.54) is 11.3 Å². The standard InChI is InChI=1S/C21H28N2O2/c1-4-23(19-9-5-7-17(2)15-19)14-13-22-21(24)12-11-18-8-6-10-20(16-18)25-3/h5-10,15-16H,4,11-14H2,1-3H3,(H,22,24). The van der Waals surface area contributed by atoms with Gasteiger partial charge in [-0.3, -0.25) is 4.79 Å². The molecule has 25 heavy (non-hydrogen) atoms. The molecule has 0 aliphatic rings. The van der Waals surface area contributed by atoms with Gasteiger partial charge in [0.2, 0.25) is 5.91 Å². The lowest BCUT2D eigenvalue weighted by molar-refractivity contribution is -0.120. The predicted octanol–water partition coefficient (Wildman–Crippen LogP) is 3.58. The molecule has 134 valence electrons. The van der Waals surface area contributed by atoms with Gasteiger partial charge in [-0.15, -0.1) is 0 Å². The Morgan fingerprint density at radius 1 is 1.16 bits per heavy atom. The first-order valence-corrected chi connectivity index (χ1v) is 8.83. The van der Waals surface area contributed by atoms with Crippen molar-refractivity contribution in [3.63, 3.8) is 0 Å². The fourth-order valence-electron chi connectivity index (χ4n) is 2.80. The third kappa shape index (κ3) is 6.14. The lowest BCUT2D eigenvalue weighted by Gasteiger charge is -2.23. The minimum Gasteiger partial charge on any atom is -0.497 e. The minimum atomic E-state index is 0.0862. The number of nitrogens with one attached hydrogen (secondary N) is 1. The predicted molar refractivity (Wildman–Crippen MR) is 103 cm³/mol. The van der Waals surface area contributed by atoms with Gasteiger partial charge < -0.3 is 15.0 Å². The van der Waals surface area contributed by atoms with Crippen molar-refractivity contribution in [2.75, 3.05) is 31.6 Å². The molecule has 0 saturated carbocycles. The van der Waals surface area contributed by atoms with Crippen LogP contribution in [0.15, 0.2) is 48.5 Å². The van der Waals surface area contributed by atoms with Crippen molar-refractivity contribution >= 4 is 11.6 Å². The van der Waals surface area contributed by atoms with Crippen LogP contribution in [0.5, 0.6) is 5.75 Å². The van der Waals surface area contributed by atoms with E-state index in [1.807, 2.05) is 24.3 Å². The molecule has 0 aromatic heterocycles. The van der Waals surface area contributed by atoms with Crippen LogP contribution in [0.25, 0.3) is 0 Å². The van der Waals surface area contributed by atoms with Crippen LogP contribution < -0.4 is 15.0 Å². The first-order valence-electron chi connectivity index (χ1n) is 8.83. The van der Waals surface area contributed by atoms with E-state index in [2.05, 4.69) is 48.3 Å². The molecule has 0 bridgehead atoms. The van der Waals surface area contributed by atoms with Crippen LogP contribution in [-0.2, 0) is 11.2 Å². The highest BCUT2D eigenvalue weighted by Gasteiger charge is 2.06. The molecular weight excluding hydrogens is 312 g/mol. The number of carbonyl (C=O) groups excluding carboxylic acids is 1. The molecule has 0 aliphatic heterocycles. The number of carbonyl (C=O) groups is 1. The summed E-state index contributed by atoms with van der Waals surface area (Å²) in [5.41, 5.74) is 3.57. The van der Waals surface area contributed by atoms with E-state index in [0.29, 0.717) is 13.0 Å². The number of hydrogen-bond donors (Lipinski definition) is 1. The number of anilines is 1. The summed E-state index contributed by atoms with van der Waals surface area (Å²) in [6.45, 7) is 6.61. The van der Waals surface area contributed by atoms with Gasteiger partial charge in [-0.1, -0.05) is 24.3 Å². The molecule has 0 saturated heterocycles. The topological polar surface area (TPSA) is 41.6 Å². The molecule has 2 aromatic carbocycles. The lowest BCUT2D eigenvalue weighted by atomic mass is 10.1. The number of hydrogen-bond acceptors (Lipinski definition) is 3. The Labute approximate surface area is 150 Å². The second kappa shape index (κ2) is 9.72. The molecule has 2 rings (SSSR count). The maximum absolute atomic E-state index is 12.1. The third-order valence-corrected chi connectivity index (χ3v) is 4.23. The molecule has 2 aromatic rings. The van der Waals surface area contributed by atoms with Gasteiger partial charge in [0.05, 0.1) is 7.11 Å². The Hall–Kier alpha value is -2.49. The SMILES string of the molecule is CCN(CCNC(=O)CCc1cccc(OC)c1)c1cccc(C)c1. The van der Waals surface area contributed by atoms with Gasteiger partial charge in [0.15, 0.2) is 0 Å². The van der Waals surface area contributed by atoms with E-state index >= 15 is 0 Å². The summed E-state index contributed by atoms with van der Waals surface area (Å²) in [6, 6.07) is 16.3. The molecule has 0 heterocycles. The first-order chi connectivity index (χ1) is 12.1. The van der Waals surface area contributed by atoms with Gasteiger partial charge in [0, 0.05) is 31.7 Å². The van der Waals surface area contributed by atoms with Crippen molar-refractivity contribution in [3.8, 4) is 5.75 Å². The number of nitrogens with zero attached hydrogens (tertiary/aromatic N) is 1. The van der Waals surface area contributed by atoms with E-state index < -0.39 is 0 Å². The summed E-state index contributed by atoms with van der Waals surface area (Å²) in [5.74, 6) is 0.915. The number of benzene rings is 2. The maximum atomic E-state index is 12.1. The van der Waals surface area contributed by atoms with Crippen molar-refractivity contribution in [2.45, 2.75) is 26.7 Å². The van der Waals surface area contributed by atoms with E-state index in [1.54, 1.807) is 7.11 Å². The number of methoxy groups -OCH3 is 1. The van der Waals surface area contributed by atoms with Crippen molar-refractivity contribution in [3.05, 3.63) is 59.7 Å². The maximum Gasteiger partial charge on any atom is 0.220 e. The van der Waals surface area contributed by atoms with Crippen LogP contribution in [0, 0.1) is 6.92 Å². The molecule has 0 fully saturated rings. The molecule has 0 unspecified atom stereocenters. The summed E-state index contributed by atoms with van der Waals surface area (Å²) in [7, 11) is 1.65. The van der Waals surface area contributed by atoms with Crippen LogP contribution in [0.3, 0.4) is 0 Å². The Morgan fingerprint density at radius 2 is 1.96 bits per heavy atom. The average Bonchev–Trinajstić information content (AvgIpc) is 2.63. The van der Waals surface area contributed by atoms with E-state index in [-0.39, 0.29) is 5.91 Å². The van der Waals surface area contributed by atoms with Crippen molar-refractivity contribution in [1.82, 2.24) is 5.32 Å². The fraction of sp³-hybridized carbons (Fsp3) is 0.381. The molecule has 0 radical (unpaired) electrons. The van der Waals surface area contributed by atoms with Crippen molar-refractivity contribution in [1.29, 1.82) is 0 Å². The summed E-state index contributed by atoms with van der Waals surface area (Å²) >= 11 is 0. The highest BCUT2D eigenvalue weighted by atomic mass is 16.5. The molecule has 4 nitrogen and oxygen atoms in total. The smallest absolute Gasteiger partial charge is 0.220 e. The first kappa shape index (κ1) is 18.8. The molecule has 0 atom stereocenters. The molecule has 4 heteroatoms. The second-order valence-electron chi connectivity index (χ2n) is 6.12. The Kier molecular flexibility index (Phi) is 7.33. The zero-order valence-corrected chi connectivity index (χ0v) is 15.4. The van der Waals surface area contributed by atoms with Crippen LogP contribution in [0.4, 0.5) is 5.69 Å². The van der Waals surface area contributed by atoms with Gasteiger partial charge in [0.25, 0.3) is 0 Å². The third-order valence-electron chi connectivity index (χ3n) is 4.23. The molecule has 0 spiro atoms. The Balaban J connectivity index is 1.75. The monoisotopic (exact) mass is 340 g/mol. The van der Waals surface area contributed by atoms with E-state index in [0.717, 1.165) is 30.8 Å². The zero-order chi connectivity index (χ0) is 18.1. The summed E-state index contributed by atoms with van der Waals surface area (Å²) < 4.78 is 5.21. The quantitative estimate of drug-likeness (QED) is 0.759. The Bertz CT molecular complexity index is 685. The largest absolute Gasteiger partial charge is 0.497 e. The summed E-state index contributed by atoms with van der Waals surface area (Å²) in [6.07, 6.45) is 1.21. The normalized spacial score (nSPS) is 10.4. The molecule has 0 aliphatic carbocycles.